The van der Waals surface area contributed by atoms with Gasteiger partial charge in [-0.25, -0.2) is 9.97 Å². The van der Waals surface area contributed by atoms with E-state index in [4.69, 9.17) is 4.74 Å². The second-order valence-corrected chi connectivity index (χ2v) is 13.7. The van der Waals surface area contributed by atoms with E-state index < -0.39 is 0 Å². The molecule has 11 heteroatoms. The number of amides is 2. The first-order valence-electron chi connectivity index (χ1n) is 12.8. The van der Waals surface area contributed by atoms with E-state index >= 15 is 0 Å². The topological polar surface area (TPSA) is 93.2 Å². The van der Waals surface area contributed by atoms with Crippen LogP contribution in [0, 0.1) is 0 Å². The molecule has 0 bridgehead atoms. The highest BCUT2D eigenvalue weighted by atomic mass is 32.2. The van der Waals surface area contributed by atoms with Gasteiger partial charge in [-0.3, -0.25) is 9.59 Å². The molecule has 0 aliphatic rings. The largest absolute Gasteiger partial charge is 0.494 e. The van der Waals surface area contributed by atoms with Crippen molar-refractivity contribution in [1.29, 1.82) is 0 Å². The van der Waals surface area contributed by atoms with Gasteiger partial charge in [0.1, 0.15) is 5.75 Å². The van der Waals surface area contributed by atoms with Crippen LogP contribution >= 0.6 is 46.2 Å². The number of hydrogen-bond donors (Lipinski definition) is 2. The zero-order chi connectivity index (χ0) is 28.1. The maximum Gasteiger partial charge on any atom is 0.234 e. The van der Waals surface area contributed by atoms with E-state index in [1.165, 1.54) is 40.4 Å². The molecule has 0 aliphatic heterocycles. The molecule has 0 atom stereocenters. The Morgan fingerprint density at radius 2 is 1.35 bits per heavy atom. The van der Waals surface area contributed by atoms with E-state index in [1.807, 2.05) is 67.6 Å². The average molecular weight is 609 g/mol. The van der Waals surface area contributed by atoms with Crippen LogP contribution in [0.3, 0.4) is 0 Å². The van der Waals surface area contributed by atoms with Gasteiger partial charge in [0.05, 0.1) is 38.5 Å². The van der Waals surface area contributed by atoms with E-state index in [-0.39, 0.29) is 23.3 Å². The summed E-state index contributed by atoms with van der Waals surface area (Å²) in [4.78, 5) is 34.3. The molecular formula is C29H28N4O3S4. The van der Waals surface area contributed by atoms with Crippen molar-refractivity contribution in [1.82, 2.24) is 9.97 Å². The van der Waals surface area contributed by atoms with Crippen LogP contribution in [0.5, 0.6) is 5.75 Å². The number of ether oxygens (including phenoxy) is 1. The quantitative estimate of drug-likeness (QED) is 0.147. The number of nitrogens with zero attached hydrogens (tertiary/aromatic N) is 2. The number of thioether (sulfide) groups is 2. The van der Waals surface area contributed by atoms with Crippen LogP contribution in [0.15, 0.2) is 69.3 Å². The van der Waals surface area contributed by atoms with Crippen LogP contribution in [0.2, 0.25) is 0 Å². The molecule has 2 heterocycles. The van der Waals surface area contributed by atoms with Crippen LogP contribution in [-0.2, 0) is 9.59 Å². The van der Waals surface area contributed by atoms with Crippen molar-refractivity contribution in [3.8, 4) is 5.75 Å². The monoisotopic (exact) mass is 608 g/mol. The van der Waals surface area contributed by atoms with Crippen LogP contribution in [0.1, 0.15) is 32.3 Å². The fraction of sp³-hybridized carbons (Fsp3) is 0.241. The standard InChI is InChI=1S/C29H28N4O3S4/c1-4-36-21-10-12-23-25(14-21)40-29(33-23)38-16-27(35)31-20-9-11-22-24(13-20)39-28(32-22)37-15-26(34)30-19-7-5-18(6-8-19)17(2)3/h5-14,17H,4,15-16H2,1-3H3,(H,30,34)(H,31,35). The Bertz CT molecular complexity index is 1650. The highest BCUT2D eigenvalue weighted by molar-refractivity contribution is 8.02. The third-order valence-corrected chi connectivity index (χ3v) is 10.1. The summed E-state index contributed by atoms with van der Waals surface area (Å²) in [6.07, 6.45) is 0. The zero-order valence-electron chi connectivity index (χ0n) is 22.2. The van der Waals surface area contributed by atoms with Gasteiger partial charge in [-0.15, -0.1) is 22.7 Å². The molecule has 7 nitrogen and oxygen atoms in total. The molecule has 2 amide bonds. The lowest BCUT2D eigenvalue weighted by atomic mass is 10.0. The van der Waals surface area contributed by atoms with Crippen molar-refractivity contribution in [2.24, 2.45) is 0 Å². The number of thiazole rings is 2. The van der Waals surface area contributed by atoms with Gasteiger partial charge in [0.25, 0.3) is 0 Å². The van der Waals surface area contributed by atoms with Crippen molar-refractivity contribution in [2.45, 2.75) is 35.4 Å². The van der Waals surface area contributed by atoms with Gasteiger partial charge >= 0.3 is 0 Å². The van der Waals surface area contributed by atoms with E-state index in [2.05, 4.69) is 34.4 Å². The molecule has 0 spiro atoms. The summed E-state index contributed by atoms with van der Waals surface area (Å²) < 4.78 is 9.20. The minimum atomic E-state index is -0.101. The molecule has 2 N–H and O–H groups in total. The highest BCUT2D eigenvalue weighted by Crippen LogP contribution is 2.33. The molecule has 2 aromatic heterocycles. The predicted molar refractivity (Wildman–Crippen MR) is 170 cm³/mol. The Hall–Kier alpha value is -3.12. The number of fused-ring (bicyclic) bond motifs is 2. The molecule has 5 rings (SSSR count). The summed E-state index contributed by atoms with van der Waals surface area (Å²) in [6, 6.07) is 19.4. The molecule has 3 aromatic carbocycles. The number of benzene rings is 3. The van der Waals surface area contributed by atoms with Crippen molar-refractivity contribution in [3.63, 3.8) is 0 Å². The predicted octanol–water partition coefficient (Wildman–Crippen LogP) is 7.89. The van der Waals surface area contributed by atoms with E-state index in [0.717, 1.165) is 40.5 Å². The molecular weight excluding hydrogens is 581 g/mol. The average Bonchev–Trinajstić information content (AvgIpc) is 3.54. The molecule has 5 aromatic rings. The van der Waals surface area contributed by atoms with Gasteiger partial charge in [-0.05, 0) is 66.9 Å². The molecule has 0 saturated heterocycles. The Morgan fingerprint density at radius 3 is 1.95 bits per heavy atom. The lowest BCUT2D eigenvalue weighted by Gasteiger charge is -2.08. The summed E-state index contributed by atoms with van der Waals surface area (Å²) in [7, 11) is 0. The van der Waals surface area contributed by atoms with Crippen molar-refractivity contribution in [3.05, 3.63) is 66.2 Å². The Labute approximate surface area is 249 Å². The summed E-state index contributed by atoms with van der Waals surface area (Å²) in [5, 5.41) is 5.91. The molecule has 0 aliphatic carbocycles. The third-order valence-electron chi connectivity index (χ3n) is 5.82. The van der Waals surface area contributed by atoms with Gasteiger partial charge in [0.2, 0.25) is 11.8 Å². The number of rotatable bonds is 11. The van der Waals surface area contributed by atoms with E-state index in [0.29, 0.717) is 18.2 Å². The Kier molecular flexibility index (Phi) is 9.25. The minimum Gasteiger partial charge on any atom is -0.494 e. The SMILES string of the molecule is CCOc1ccc2nc(SCC(=O)Nc3ccc4nc(SCC(=O)Nc5ccc(C(C)C)cc5)sc4c3)sc2c1. The normalized spacial score (nSPS) is 11.3. The van der Waals surface area contributed by atoms with E-state index in [9.17, 15) is 9.59 Å². The third kappa shape index (κ3) is 7.34. The number of hydrogen-bond acceptors (Lipinski definition) is 9. The van der Waals surface area contributed by atoms with Crippen LogP contribution in [0.25, 0.3) is 20.4 Å². The first-order valence-corrected chi connectivity index (χ1v) is 16.4. The molecule has 206 valence electrons. The van der Waals surface area contributed by atoms with Gasteiger partial charge in [-0.2, -0.15) is 0 Å². The van der Waals surface area contributed by atoms with Crippen LogP contribution < -0.4 is 15.4 Å². The minimum absolute atomic E-state index is 0.0742. The summed E-state index contributed by atoms with van der Waals surface area (Å²) in [5.74, 6) is 1.63. The summed E-state index contributed by atoms with van der Waals surface area (Å²) in [6.45, 7) is 6.85. The second-order valence-electron chi connectivity index (χ2n) is 9.16. The van der Waals surface area contributed by atoms with E-state index in [1.54, 1.807) is 11.3 Å². The molecule has 0 radical (unpaired) electrons. The fourth-order valence-electron chi connectivity index (χ4n) is 3.85. The zero-order valence-corrected chi connectivity index (χ0v) is 25.5. The number of nitrogens with one attached hydrogen (secondary N) is 2. The number of anilines is 2. The van der Waals surface area contributed by atoms with Crippen molar-refractivity contribution < 1.29 is 14.3 Å². The highest BCUT2D eigenvalue weighted by Gasteiger charge is 2.12. The maximum absolute atomic E-state index is 12.6. The smallest absolute Gasteiger partial charge is 0.234 e. The summed E-state index contributed by atoms with van der Waals surface area (Å²) >= 11 is 5.88. The molecule has 40 heavy (non-hydrogen) atoms. The van der Waals surface area contributed by atoms with Gasteiger partial charge in [0.15, 0.2) is 8.68 Å². The Balaban J connectivity index is 1.12. The van der Waals surface area contributed by atoms with Crippen LogP contribution in [0.4, 0.5) is 11.4 Å². The maximum atomic E-state index is 12.6. The lowest BCUT2D eigenvalue weighted by Crippen LogP contribution is -2.13. The molecule has 0 unspecified atom stereocenters. The number of carbonyl (C=O) groups is 2. The Morgan fingerprint density at radius 1 is 0.800 bits per heavy atom. The van der Waals surface area contributed by atoms with Gasteiger partial charge < -0.3 is 15.4 Å². The number of carbonyl (C=O) groups excluding carboxylic acids is 2. The summed E-state index contributed by atoms with van der Waals surface area (Å²) in [5.41, 5.74) is 4.48. The van der Waals surface area contributed by atoms with Crippen LogP contribution in [-0.4, -0.2) is 39.9 Å². The van der Waals surface area contributed by atoms with Crippen molar-refractivity contribution >= 4 is 89.8 Å². The second kappa shape index (κ2) is 13.0. The molecule has 0 fully saturated rings. The van der Waals surface area contributed by atoms with Crippen molar-refractivity contribution in [2.75, 3.05) is 28.7 Å². The van der Waals surface area contributed by atoms with Gasteiger partial charge in [-0.1, -0.05) is 49.5 Å². The fourth-order valence-corrected chi connectivity index (χ4v) is 7.65. The lowest BCUT2D eigenvalue weighted by molar-refractivity contribution is -0.114. The number of aromatic nitrogens is 2. The first-order chi connectivity index (χ1) is 19.4. The first kappa shape index (κ1) is 28.4. The molecule has 0 saturated carbocycles. The van der Waals surface area contributed by atoms with Gasteiger partial charge in [0, 0.05) is 11.4 Å².